The number of allylic oxidation sites excluding steroid dienone is 1. The minimum atomic E-state index is -1.10. The Morgan fingerprint density at radius 3 is 1.89 bits per heavy atom. The van der Waals surface area contributed by atoms with Gasteiger partial charge in [-0.05, 0) is 128 Å². The number of ether oxygens (including phenoxy) is 1. The van der Waals surface area contributed by atoms with Gasteiger partial charge in [-0.3, -0.25) is 9.59 Å². The van der Waals surface area contributed by atoms with E-state index in [1.54, 1.807) is 0 Å². The lowest BCUT2D eigenvalue weighted by Gasteiger charge is -2.76. The maximum absolute atomic E-state index is 13.1. The highest BCUT2D eigenvalue weighted by Crippen LogP contribution is 2.82. The van der Waals surface area contributed by atoms with E-state index >= 15 is 0 Å². The van der Waals surface area contributed by atoms with E-state index in [1.807, 2.05) is 6.92 Å². The van der Waals surface area contributed by atoms with Gasteiger partial charge in [0.1, 0.15) is 11.5 Å². The number of fused-ring (bicyclic) bond motifs is 7. The molecule has 0 aromatic heterocycles. The summed E-state index contributed by atoms with van der Waals surface area (Å²) in [4.78, 5) is 25.1. The van der Waals surface area contributed by atoms with Crippen molar-refractivity contribution in [3.63, 3.8) is 0 Å². The number of esters is 1. The molecule has 0 aromatic carbocycles. The van der Waals surface area contributed by atoms with Crippen LogP contribution in [0.1, 0.15) is 127 Å². The Morgan fingerprint density at radius 1 is 0.737 bits per heavy atom. The number of carboxylic acid groups (broad SMARTS) is 1. The lowest BCUT2D eigenvalue weighted by molar-refractivity contribution is -0.291. The van der Waals surface area contributed by atoms with E-state index < -0.39 is 22.9 Å². The van der Waals surface area contributed by atoms with E-state index in [1.165, 1.54) is 51.0 Å². The molecule has 0 bridgehead atoms. The third-order valence-corrected chi connectivity index (χ3v) is 15.8. The fraction of sp³-hybridized carbons (Fsp3) is 0.882. The van der Waals surface area contributed by atoms with Gasteiger partial charge in [0.25, 0.3) is 0 Å². The third kappa shape index (κ3) is 2.94. The number of aliphatic carboxylic acids is 1. The van der Waals surface area contributed by atoms with Crippen molar-refractivity contribution in [3.05, 3.63) is 12.2 Å². The SMILES string of the molecule is C=C(C)[C@@H]1CC[C@]2(C)CC[C@]3(C)[C@@H](CC[C@@H]4[C@@]5(C)CC[C@@H](OC(C)=O)[C@](C)(C(=O)O)[C@]5(C)CC[C@]43C)[C@@]12C. The zero-order chi connectivity index (χ0) is 28.3. The summed E-state index contributed by atoms with van der Waals surface area (Å²) >= 11 is 0. The molecule has 0 aliphatic heterocycles. The van der Waals surface area contributed by atoms with Crippen LogP contribution in [0.2, 0.25) is 0 Å². The van der Waals surface area contributed by atoms with Gasteiger partial charge in [-0.2, -0.15) is 0 Å². The van der Waals surface area contributed by atoms with Gasteiger partial charge >= 0.3 is 11.9 Å². The van der Waals surface area contributed by atoms with Crippen LogP contribution in [-0.4, -0.2) is 23.1 Å². The maximum Gasteiger partial charge on any atom is 0.313 e. The fourth-order valence-corrected chi connectivity index (χ4v) is 12.8. The Hall–Kier alpha value is -1.32. The average molecular weight is 527 g/mol. The van der Waals surface area contributed by atoms with Gasteiger partial charge in [-0.1, -0.05) is 53.7 Å². The molecule has 214 valence electrons. The van der Waals surface area contributed by atoms with Crippen molar-refractivity contribution in [2.24, 2.45) is 55.7 Å². The molecular weight excluding hydrogens is 472 g/mol. The van der Waals surface area contributed by atoms with E-state index in [0.29, 0.717) is 29.6 Å². The van der Waals surface area contributed by atoms with Crippen LogP contribution in [0.5, 0.6) is 0 Å². The van der Waals surface area contributed by atoms with Gasteiger partial charge in [0.2, 0.25) is 0 Å². The van der Waals surface area contributed by atoms with Crippen LogP contribution < -0.4 is 0 Å². The molecule has 5 aliphatic carbocycles. The first-order valence-electron chi connectivity index (χ1n) is 15.5. The molecule has 4 nitrogen and oxygen atoms in total. The summed E-state index contributed by atoms with van der Waals surface area (Å²) in [5.74, 6) is 0.540. The summed E-state index contributed by atoms with van der Waals surface area (Å²) in [7, 11) is 0. The highest BCUT2D eigenvalue weighted by Gasteiger charge is 2.77. The Morgan fingerprint density at radius 2 is 1.32 bits per heavy atom. The largest absolute Gasteiger partial charge is 0.481 e. The maximum atomic E-state index is 13.1. The molecule has 0 unspecified atom stereocenters. The van der Waals surface area contributed by atoms with Crippen molar-refractivity contribution >= 4 is 11.9 Å². The summed E-state index contributed by atoms with van der Waals surface area (Å²) in [6, 6.07) is 0. The van der Waals surface area contributed by atoms with Crippen LogP contribution in [0.3, 0.4) is 0 Å². The molecule has 0 aromatic rings. The minimum Gasteiger partial charge on any atom is -0.481 e. The van der Waals surface area contributed by atoms with E-state index in [-0.39, 0.29) is 27.6 Å². The van der Waals surface area contributed by atoms with E-state index in [2.05, 4.69) is 55.0 Å². The van der Waals surface area contributed by atoms with Gasteiger partial charge in [-0.15, -0.1) is 0 Å². The van der Waals surface area contributed by atoms with Crippen molar-refractivity contribution in [1.82, 2.24) is 0 Å². The first-order valence-corrected chi connectivity index (χ1v) is 15.5. The van der Waals surface area contributed by atoms with Crippen LogP contribution in [-0.2, 0) is 14.3 Å². The van der Waals surface area contributed by atoms with Crippen LogP contribution >= 0.6 is 0 Å². The summed E-state index contributed by atoms with van der Waals surface area (Å²) in [5, 5.41) is 10.7. The van der Waals surface area contributed by atoms with Crippen LogP contribution in [0.4, 0.5) is 0 Å². The molecule has 0 amide bonds. The first-order chi connectivity index (χ1) is 17.4. The molecule has 5 fully saturated rings. The quantitative estimate of drug-likeness (QED) is 0.296. The molecule has 0 saturated heterocycles. The number of hydrogen-bond acceptors (Lipinski definition) is 3. The number of carbonyl (C=O) groups excluding carboxylic acids is 1. The van der Waals surface area contributed by atoms with Gasteiger partial charge < -0.3 is 9.84 Å². The summed E-state index contributed by atoms with van der Waals surface area (Å²) < 4.78 is 5.77. The molecule has 5 rings (SSSR count). The van der Waals surface area contributed by atoms with Gasteiger partial charge in [-0.25, -0.2) is 0 Å². The van der Waals surface area contributed by atoms with Crippen molar-refractivity contribution in [1.29, 1.82) is 0 Å². The fourth-order valence-electron chi connectivity index (χ4n) is 12.8. The van der Waals surface area contributed by atoms with Gasteiger partial charge in [0.05, 0.1) is 0 Å². The Bertz CT molecular complexity index is 1060. The Kier molecular flexibility index (Phi) is 6.03. The zero-order valence-electron chi connectivity index (χ0n) is 25.8. The molecule has 0 spiro atoms. The standard InChI is InChI=1S/C34H54O4/c1-21(2)23-13-15-28(4)17-18-30(6)25(33(23,28)9)12-11-24-29(30,5)19-20-32(8)31(24,7)16-14-26(38-22(3)35)34(32,10)27(36)37/h23-26H,1,11-20H2,2-10H3,(H,36,37)/t23-,24-,25+,26+,28+,29+,30+,31+,32+,33+,34+/m0/s1. The second kappa shape index (κ2) is 8.12. The van der Waals surface area contributed by atoms with E-state index in [4.69, 9.17) is 4.74 Å². The van der Waals surface area contributed by atoms with Crippen LogP contribution in [0.25, 0.3) is 0 Å². The topological polar surface area (TPSA) is 63.6 Å². The summed E-state index contributed by atoms with van der Waals surface area (Å²) in [6.45, 7) is 25.2. The lowest BCUT2D eigenvalue weighted by Crippen LogP contribution is -2.72. The van der Waals surface area contributed by atoms with Gasteiger partial charge in [0, 0.05) is 6.92 Å². The number of rotatable bonds is 3. The molecular formula is C34H54O4. The zero-order valence-corrected chi connectivity index (χ0v) is 25.8. The van der Waals surface area contributed by atoms with E-state index in [9.17, 15) is 14.7 Å². The number of carbonyl (C=O) groups is 2. The monoisotopic (exact) mass is 526 g/mol. The minimum absolute atomic E-state index is 0.122. The Balaban J connectivity index is 1.60. The van der Waals surface area contributed by atoms with Crippen LogP contribution in [0.15, 0.2) is 12.2 Å². The van der Waals surface area contributed by atoms with E-state index in [0.717, 1.165) is 19.3 Å². The predicted octanol–water partition coefficient (Wildman–Crippen LogP) is 8.44. The smallest absolute Gasteiger partial charge is 0.313 e. The van der Waals surface area contributed by atoms with Crippen LogP contribution in [0, 0.1) is 55.7 Å². The number of hydrogen-bond donors (Lipinski definition) is 1. The second-order valence-electron chi connectivity index (χ2n) is 16.2. The molecule has 0 heterocycles. The molecule has 38 heavy (non-hydrogen) atoms. The average Bonchev–Trinajstić information content (AvgIpc) is 3.10. The molecule has 5 aliphatic rings. The highest BCUT2D eigenvalue weighted by atomic mass is 16.5. The van der Waals surface area contributed by atoms with Crippen molar-refractivity contribution in [2.45, 2.75) is 133 Å². The van der Waals surface area contributed by atoms with Gasteiger partial charge in [0.15, 0.2) is 0 Å². The second-order valence-corrected chi connectivity index (χ2v) is 16.2. The molecule has 11 atom stereocenters. The van der Waals surface area contributed by atoms with Crippen molar-refractivity contribution < 1.29 is 19.4 Å². The molecule has 0 radical (unpaired) electrons. The molecule has 1 N–H and O–H groups in total. The predicted molar refractivity (Wildman–Crippen MR) is 151 cm³/mol. The first kappa shape index (κ1) is 28.2. The normalized spacial score (nSPS) is 55.6. The summed E-state index contributed by atoms with van der Waals surface area (Å²) in [5.41, 5.74) is 0.727. The van der Waals surface area contributed by atoms with Crippen molar-refractivity contribution in [3.8, 4) is 0 Å². The third-order valence-electron chi connectivity index (χ3n) is 15.8. The Labute approximate surface area is 231 Å². The lowest BCUT2D eigenvalue weighted by atomic mass is 9.28. The highest BCUT2D eigenvalue weighted by molar-refractivity contribution is 5.78. The van der Waals surface area contributed by atoms with Crippen molar-refractivity contribution in [2.75, 3.05) is 0 Å². The summed E-state index contributed by atoms with van der Waals surface area (Å²) in [6.07, 6.45) is 10.5. The number of carboxylic acids is 1. The molecule has 4 heteroatoms. The molecule has 5 saturated carbocycles.